The van der Waals surface area contributed by atoms with E-state index in [-0.39, 0.29) is 28.4 Å². The Morgan fingerprint density at radius 1 is 0.469 bits per heavy atom. The summed E-state index contributed by atoms with van der Waals surface area (Å²) in [4.78, 5) is 2.28. The molecule has 3 heterocycles. The maximum absolute atomic E-state index is 7.06. The van der Waals surface area contributed by atoms with E-state index in [1.807, 2.05) is 24.3 Å². The highest BCUT2D eigenvalue weighted by atomic mass is 16.5. The largest absolute Gasteiger partial charge is 0.458 e. The van der Waals surface area contributed by atoms with Gasteiger partial charge in [-0.25, -0.2) is 0 Å². The van der Waals surface area contributed by atoms with E-state index in [1.165, 1.54) is 33.2 Å². The maximum atomic E-state index is 7.06. The first-order valence-electron chi connectivity index (χ1n) is 17.8. The Hall–Kier alpha value is -4.64. The zero-order chi connectivity index (χ0) is 33.8. The Labute approximate surface area is 290 Å². The van der Waals surface area contributed by atoms with Crippen molar-refractivity contribution in [2.75, 3.05) is 4.90 Å². The van der Waals surface area contributed by atoms with Crippen molar-refractivity contribution < 1.29 is 14.2 Å². The van der Waals surface area contributed by atoms with Crippen LogP contribution < -0.4 is 35.5 Å². The monoisotopic (exact) mass is 643 g/mol. The van der Waals surface area contributed by atoms with E-state index in [4.69, 9.17) is 14.2 Å². The molecule has 0 fully saturated rings. The fourth-order valence-electron chi connectivity index (χ4n) is 10.5. The van der Waals surface area contributed by atoms with Crippen LogP contribution in [0, 0.1) is 0 Å². The van der Waals surface area contributed by atoms with Crippen LogP contribution in [0.4, 0.5) is 17.1 Å². The summed E-state index contributed by atoms with van der Waals surface area (Å²) in [5, 5.41) is 0. The average Bonchev–Trinajstić information content (AvgIpc) is 3.34. The average molecular weight is 644 g/mol. The summed E-state index contributed by atoms with van der Waals surface area (Å²) in [5.74, 6) is 5.27. The fourth-order valence-corrected chi connectivity index (χ4v) is 10.5. The van der Waals surface area contributed by atoms with Crippen molar-refractivity contribution in [2.45, 2.75) is 89.9 Å². The number of anilines is 3. The van der Waals surface area contributed by atoms with Gasteiger partial charge in [-0.3, -0.25) is 0 Å². The van der Waals surface area contributed by atoms with Crippen LogP contribution in [0.2, 0.25) is 0 Å². The summed E-state index contributed by atoms with van der Waals surface area (Å²) >= 11 is 0. The molecule has 10 rings (SSSR count). The zero-order valence-electron chi connectivity index (χ0n) is 29.7. The maximum Gasteiger partial charge on any atom is 0.260 e. The molecule has 0 N–H and O–H groups in total. The molecule has 5 aliphatic rings. The normalized spacial score (nSPS) is 19.9. The van der Waals surface area contributed by atoms with Crippen molar-refractivity contribution in [3.8, 4) is 34.5 Å². The molecular weight excluding hydrogens is 601 g/mol. The first kappa shape index (κ1) is 29.3. The molecule has 0 radical (unpaired) electrons. The fraction of sp³-hybridized carbons (Fsp3) is 0.318. The standard InChI is InChI=1S/C44H42BNO3/c1-41(2)23-43(5,6)28-21-36-30(19-26(28)41)45-31-20-27-29(44(7,8)24-42(27,3)4)22-37(31)49-39-18-25(17-38(48-36)40(39)45)46-32-13-9-11-15-34(32)47-35-16-12-10-14-33(35)46/h9-22H,23-24H2,1-8H3. The molecule has 5 heteroatoms. The second-order valence-electron chi connectivity index (χ2n) is 17.6. The summed E-state index contributed by atoms with van der Waals surface area (Å²) in [7, 11) is 0. The van der Waals surface area contributed by atoms with E-state index in [1.54, 1.807) is 0 Å². The molecule has 0 saturated carbocycles. The van der Waals surface area contributed by atoms with E-state index < -0.39 is 0 Å². The van der Waals surface area contributed by atoms with Crippen LogP contribution in [0.5, 0.6) is 34.5 Å². The van der Waals surface area contributed by atoms with Crippen LogP contribution in [-0.4, -0.2) is 6.71 Å². The van der Waals surface area contributed by atoms with Gasteiger partial charge in [0.1, 0.15) is 23.0 Å². The summed E-state index contributed by atoms with van der Waals surface area (Å²) in [6, 6.07) is 30.6. The third kappa shape index (κ3) is 3.93. The Kier molecular flexibility index (Phi) is 5.45. The van der Waals surface area contributed by atoms with Gasteiger partial charge in [0.15, 0.2) is 11.5 Å². The lowest BCUT2D eigenvalue weighted by molar-refractivity contribution is 0.402. The summed E-state index contributed by atoms with van der Waals surface area (Å²) in [5.41, 5.74) is 12.5. The van der Waals surface area contributed by atoms with Gasteiger partial charge >= 0.3 is 0 Å². The number of nitrogens with zero attached hydrogens (tertiary/aromatic N) is 1. The smallest absolute Gasteiger partial charge is 0.260 e. The van der Waals surface area contributed by atoms with E-state index in [9.17, 15) is 0 Å². The van der Waals surface area contributed by atoms with Crippen molar-refractivity contribution >= 4 is 40.2 Å². The van der Waals surface area contributed by atoms with Crippen molar-refractivity contribution in [1.82, 2.24) is 0 Å². The number of para-hydroxylation sites is 4. The van der Waals surface area contributed by atoms with E-state index in [2.05, 4.69) is 121 Å². The van der Waals surface area contributed by atoms with Crippen molar-refractivity contribution in [3.05, 3.63) is 107 Å². The second kappa shape index (κ2) is 9.12. The molecule has 49 heavy (non-hydrogen) atoms. The third-order valence-electron chi connectivity index (χ3n) is 12.1. The Balaban J connectivity index is 1.24. The second-order valence-corrected chi connectivity index (χ2v) is 17.6. The summed E-state index contributed by atoms with van der Waals surface area (Å²) in [6.07, 6.45) is 2.22. The van der Waals surface area contributed by atoms with Gasteiger partial charge in [-0.15, -0.1) is 0 Å². The molecule has 0 amide bonds. The van der Waals surface area contributed by atoms with Crippen LogP contribution in [0.25, 0.3) is 0 Å². The van der Waals surface area contributed by atoms with Gasteiger partial charge in [-0.05, 0) is 104 Å². The van der Waals surface area contributed by atoms with Crippen LogP contribution in [0.1, 0.15) is 90.5 Å². The molecule has 2 aliphatic carbocycles. The van der Waals surface area contributed by atoms with Crippen molar-refractivity contribution in [2.24, 2.45) is 0 Å². The van der Waals surface area contributed by atoms with Gasteiger partial charge in [0, 0.05) is 17.6 Å². The van der Waals surface area contributed by atoms with Crippen LogP contribution in [-0.2, 0) is 21.7 Å². The van der Waals surface area contributed by atoms with Gasteiger partial charge in [0.05, 0.1) is 17.1 Å². The minimum Gasteiger partial charge on any atom is -0.458 e. The molecule has 0 bridgehead atoms. The number of benzene rings is 5. The molecule has 244 valence electrons. The molecule has 0 aromatic heterocycles. The third-order valence-corrected chi connectivity index (χ3v) is 12.1. The van der Waals surface area contributed by atoms with E-state index >= 15 is 0 Å². The summed E-state index contributed by atoms with van der Waals surface area (Å²) < 4.78 is 20.5. The predicted octanol–water partition coefficient (Wildman–Crippen LogP) is 9.91. The van der Waals surface area contributed by atoms with Gasteiger partial charge in [0.2, 0.25) is 0 Å². The molecule has 5 aromatic rings. The minimum absolute atomic E-state index is 0.00503. The first-order chi connectivity index (χ1) is 23.2. The van der Waals surface area contributed by atoms with E-state index in [0.717, 1.165) is 69.9 Å². The number of ether oxygens (including phenoxy) is 3. The number of hydrogen-bond donors (Lipinski definition) is 0. The van der Waals surface area contributed by atoms with E-state index in [0.29, 0.717) is 0 Å². The van der Waals surface area contributed by atoms with Gasteiger partial charge in [-0.1, -0.05) is 91.8 Å². The van der Waals surface area contributed by atoms with Crippen LogP contribution >= 0.6 is 0 Å². The number of fused-ring (bicyclic) bond motifs is 8. The topological polar surface area (TPSA) is 30.9 Å². The lowest BCUT2D eigenvalue weighted by Crippen LogP contribution is -2.58. The highest BCUT2D eigenvalue weighted by Crippen LogP contribution is 2.55. The minimum atomic E-state index is 0.00503. The Morgan fingerprint density at radius 2 is 0.857 bits per heavy atom. The summed E-state index contributed by atoms with van der Waals surface area (Å²) in [6.45, 7) is 19.1. The van der Waals surface area contributed by atoms with Gasteiger partial charge in [0.25, 0.3) is 6.71 Å². The molecule has 0 saturated heterocycles. The molecule has 0 unspecified atom stereocenters. The van der Waals surface area contributed by atoms with Crippen molar-refractivity contribution in [3.63, 3.8) is 0 Å². The Bertz CT molecular complexity index is 2140. The highest BCUT2D eigenvalue weighted by Gasteiger charge is 2.49. The van der Waals surface area contributed by atoms with Gasteiger partial charge < -0.3 is 19.1 Å². The molecule has 0 spiro atoms. The van der Waals surface area contributed by atoms with Gasteiger partial charge in [-0.2, -0.15) is 0 Å². The van der Waals surface area contributed by atoms with Crippen LogP contribution in [0.3, 0.4) is 0 Å². The zero-order valence-corrected chi connectivity index (χ0v) is 29.7. The molecule has 3 aliphatic heterocycles. The first-order valence-corrected chi connectivity index (χ1v) is 17.8. The molecular formula is C44H42BNO3. The molecule has 0 atom stereocenters. The van der Waals surface area contributed by atoms with Crippen molar-refractivity contribution in [1.29, 1.82) is 0 Å². The van der Waals surface area contributed by atoms with Crippen LogP contribution in [0.15, 0.2) is 84.9 Å². The number of hydrogen-bond acceptors (Lipinski definition) is 4. The Morgan fingerprint density at radius 3 is 1.31 bits per heavy atom. The molecule has 5 aromatic carbocycles. The quantitative estimate of drug-likeness (QED) is 0.167. The molecule has 4 nitrogen and oxygen atoms in total. The predicted molar refractivity (Wildman–Crippen MR) is 200 cm³/mol. The SMILES string of the molecule is CC1(C)CC(C)(C)c2cc3c(cc21)Oc1cc(N2c4ccccc4Oc4ccccc42)cc2c1B3c1cc3c(cc1O2)C(C)(C)CC3(C)C. The lowest BCUT2D eigenvalue weighted by atomic mass is 9.34. The lowest BCUT2D eigenvalue weighted by Gasteiger charge is -2.37. The highest BCUT2D eigenvalue weighted by molar-refractivity contribution is 6.98. The number of rotatable bonds is 1.